The van der Waals surface area contributed by atoms with Gasteiger partial charge in [0, 0.05) is 19.0 Å². The van der Waals surface area contributed by atoms with Crippen LogP contribution in [0, 0.1) is 17.7 Å². The van der Waals surface area contributed by atoms with Crippen LogP contribution in [0.4, 0.5) is 4.39 Å². The van der Waals surface area contributed by atoms with Crippen LogP contribution in [0.15, 0.2) is 18.2 Å². The van der Waals surface area contributed by atoms with Gasteiger partial charge in [-0.1, -0.05) is 6.07 Å². The Morgan fingerprint density at radius 3 is 2.57 bits per heavy atom. The molecule has 1 amide bonds. The van der Waals surface area contributed by atoms with Gasteiger partial charge in [-0.15, -0.1) is 0 Å². The maximum atomic E-state index is 13.5. The monoisotopic (exact) mass is 287 g/mol. The quantitative estimate of drug-likeness (QED) is 0.815. The summed E-state index contributed by atoms with van der Waals surface area (Å²) in [5.74, 6) is 1.74. The molecule has 0 aromatic heterocycles. The summed E-state index contributed by atoms with van der Waals surface area (Å²) in [6.07, 6.45) is 6.59. The number of carbonyl (C=O) groups is 1. The molecule has 0 spiro atoms. The van der Waals surface area contributed by atoms with E-state index >= 15 is 0 Å². The lowest BCUT2D eigenvalue weighted by molar-refractivity contribution is -0.134. The highest BCUT2D eigenvalue weighted by Gasteiger charge is 2.37. The van der Waals surface area contributed by atoms with Crippen molar-refractivity contribution in [1.29, 1.82) is 0 Å². The molecule has 1 saturated carbocycles. The average Bonchev–Trinajstić information content (AvgIpc) is 3.27. The third kappa shape index (κ3) is 2.47. The van der Waals surface area contributed by atoms with Crippen molar-refractivity contribution in [1.82, 2.24) is 4.90 Å². The van der Waals surface area contributed by atoms with E-state index in [0.717, 1.165) is 51.6 Å². The van der Waals surface area contributed by atoms with Crippen molar-refractivity contribution in [2.45, 2.75) is 44.4 Å². The zero-order valence-electron chi connectivity index (χ0n) is 12.4. The molecule has 21 heavy (non-hydrogen) atoms. The lowest BCUT2D eigenvalue weighted by Gasteiger charge is -2.35. The van der Waals surface area contributed by atoms with Gasteiger partial charge in [0.1, 0.15) is 5.82 Å². The highest BCUT2D eigenvalue weighted by Crippen LogP contribution is 2.43. The van der Waals surface area contributed by atoms with Crippen molar-refractivity contribution < 1.29 is 9.18 Å². The number of aryl methyl sites for hydroxylation is 1. The highest BCUT2D eigenvalue weighted by atomic mass is 19.1. The summed E-state index contributed by atoms with van der Waals surface area (Å²) < 4.78 is 13.5. The van der Waals surface area contributed by atoms with E-state index in [-0.39, 0.29) is 5.82 Å². The normalized spacial score (nSPS) is 26.0. The number of piperidine rings is 1. The Morgan fingerprint density at radius 2 is 1.86 bits per heavy atom. The fourth-order valence-corrected chi connectivity index (χ4v) is 4.21. The van der Waals surface area contributed by atoms with Gasteiger partial charge in [-0.3, -0.25) is 4.79 Å². The summed E-state index contributed by atoms with van der Waals surface area (Å²) >= 11 is 0. The summed E-state index contributed by atoms with van der Waals surface area (Å²) in [4.78, 5) is 14.2. The van der Waals surface area contributed by atoms with Crippen LogP contribution in [0.5, 0.6) is 0 Å². The fraction of sp³-hybridized carbons (Fsp3) is 0.611. The van der Waals surface area contributed by atoms with Crippen LogP contribution < -0.4 is 0 Å². The predicted octanol–water partition coefficient (Wildman–Crippen LogP) is 3.50. The van der Waals surface area contributed by atoms with Crippen LogP contribution in [-0.2, 0) is 11.2 Å². The average molecular weight is 287 g/mol. The summed E-state index contributed by atoms with van der Waals surface area (Å²) in [5.41, 5.74) is 2.57. The van der Waals surface area contributed by atoms with Crippen molar-refractivity contribution in [3.05, 3.63) is 35.1 Å². The minimum Gasteiger partial charge on any atom is -0.342 e. The second-order valence-corrected chi connectivity index (χ2v) is 6.93. The Hall–Kier alpha value is -1.38. The first kappa shape index (κ1) is 13.3. The maximum absolute atomic E-state index is 13.5. The largest absolute Gasteiger partial charge is 0.342 e. The second kappa shape index (κ2) is 5.11. The summed E-state index contributed by atoms with van der Waals surface area (Å²) in [6, 6.07) is 5.28. The standard InChI is InChI=1S/C18H22FNO/c19-15-5-3-12-4-6-16(17(12)11-15)13-7-9-20(10-8-13)18(21)14-1-2-14/h3,5,11,13-14,16H,1-2,4,6-10H2. The van der Waals surface area contributed by atoms with Crippen molar-refractivity contribution in [3.63, 3.8) is 0 Å². The van der Waals surface area contributed by atoms with E-state index in [1.165, 1.54) is 11.1 Å². The molecular weight excluding hydrogens is 265 g/mol. The molecule has 112 valence electrons. The van der Waals surface area contributed by atoms with Gasteiger partial charge in [-0.2, -0.15) is 0 Å². The molecule has 0 N–H and O–H groups in total. The van der Waals surface area contributed by atoms with E-state index in [1.54, 1.807) is 12.1 Å². The summed E-state index contributed by atoms with van der Waals surface area (Å²) in [5, 5.41) is 0. The van der Waals surface area contributed by atoms with E-state index in [4.69, 9.17) is 0 Å². The second-order valence-electron chi connectivity index (χ2n) is 6.93. The molecule has 1 heterocycles. The van der Waals surface area contributed by atoms with Crippen LogP contribution >= 0.6 is 0 Å². The number of benzene rings is 1. The van der Waals surface area contributed by atoms with Gasteiger partial charge in [0.15, 0.2) is 0 Å². The van der Waals surface area contributed by atoms with Gasteiger partial charge >= 0.3 is 0 Å². The highest BCUT2D eigenvalue weighted by molar-refractivity contribution is 5.81. The van der Waals surface area contributed by atoms with Crippen molar-refractivity contribution in [2.75, 3.05) is 13.1 Å². The van der Waals surface area contributed by atoms with Crippen molar-refractivity contribution in [2.24, 2.45) is 11.8 Å². The summed E-state index contributed by atoms with van der Waals surface area (Å²) in [6.45, 7) is 1.81. The Morgan fingerprint density at radius 1 is 1.10 bits per heavy atom. The molecule has 1 aromatic rings. The Balaban J connectivity index is 1.43. The zero-order chi connectivity index (χ0) is 14.4. The Bertz CT molecular complexity index is 558. The smallest absolute Gasteiger partial charge is 0.225 e. The number of nitrogens with zero attached hydrogens (tertiary/aromatic N) is 1. The van der Waals surface area contributed by atoms with Gasteiger partial charge in [-0.25, -0.2) is 4.39 Å². The molecule has 1 unspecified atom stereocenters. The predicted molar refractivity (Wildman–Crippen MR) is 79.5 cm³/mol. The van der Waals surface area contributed by atoms with E-state index in [2.05, 4.69) is 4.90 Å². The number of hydrogen-bond donors (Lipinski definition) is 0. The Labute approximate surface area is 125 Å². The molecule has 1 saturated heterocycles. The van der Waals surface area contributed by atoms with E-state index in [0.29, 0.717) is 23.7 Å². The first-order chi connectivity index (χ1) is 10.2. The van der Waals surface area contributed by atoms with Crippen LogP contribution in [0.1, 0.15) is 49.1 Å². The molecule has 2 nitrogen and oxygen atoms in total. The number of amides is 1. The SMILES string of the molecule is O=C(C1CC1)N1CCC(C2CCc3ccc(F)cc32)CC1. The lowest BCUT2D eigenvalue weighted by Crippen LogP contribution is -2.40. The van der Waals surface area contributed by atoms with Crippen LogP contribution in [0.25, 0.3) is 0 Å². The molecule has 1 aliphatic heterocycles. The minimum absolute atomic E-state index is 0.109. The number of halogens is 1. The molecule has 2 fully saturated rings. The van der Waals surface area contributed by atoms with Gasteiger partial charge < -0.3 is 4.90 Å². The van der Waals surface area contributed by atoms with Crippen LogP contribution in [0.3, 0.4) is 0 Å². The Kier molecular flexibility index (Phi) is 3.24. The molecule has 4 rings (SSSR count). The van der Waals surface area contributed by atoms with E-state index in [1.807, 2.05) is 6.07 Å². The molecular formula is C18H22FNO. The van der Waals surface area contributed by atoms with Gasteiger partial charge in [0.05, 0.1) is 0 Å². The molecule has 0 radical (unpaired) electrons. The topological polar surface area (TPSA) is 20.3 Å². The van der Waals surface area contributed by atoms with E-state index in [9.17, 15) is 9.18 Å². The first-order valence-electron chi connectivity index (χ1n) is 8.29. The third-order valence-corrected chi connectivity index (χ3v) is 5.58. The minimum atomic E-state index is -0.109. The molecule has 2 aliphatic carbocycles. The zero-order valence-corrected chi connectivity index (χ0v) is 12.4. The number of carbonyl (C=O) groups excluding carboxylic acids is 1. The number of hydrogen-bond acceptors (Lipinski definition) is 1. The molecule has 0 bridgehead atoms. The number of rotatable bonds is 2. The van der Waals surface area contributed by atoms with Gasteiger partial charge in [-0.05, 0) is 73.6 Å². The van der Waals surface area contributed by atoms with Crippen LogP contribution in [-0.4, -0.2) is 23.9 Å². The maximum Gasteiger partial charge on any atom is 0.225 e. The molecule has 1 aromatic carbocycles. The van der Waals surface area contributed by atoms with E-state index < -0.39 is 0 Å². The first-order valence-corrected chi connectivity index (χ1v) is 8.29. The van der Waals surface area contributed by atoms with Crippen molar-refractivity contribution >= 4 is 5.91 Å². The lowest BCUT2D eigenvalue weighted by atomic mass is 9.81. The molecule has 3 heteroatoms. The summed E-state index contributed by atoms with van der Waals surface area (Å²) in [7, 11) is 0. The molecule has 1 atom stereocenters. The third-order valence-electron chi connectivity index (χ3n) is 5.58. The van der Waals surface area contributed by atoms with Crippen molar-refractivity contribution in [3.8, 4) is 0 Å². The van der Waals surface area contributed by atoms with Gasteiger partial charge in [0.2, 0.25) is 5.91 Å². The van der Waals surface area contributed by atoms with Gasteiger partial charge in [0.25, 0.3) is 0 Å². The van der Waals surface area contributed by atoms with Crippen LogP contribution in [0.2, 0.25) is 0 Å². The fourth-order valence-electron chi connectivity index (χ4n) is 4.21. The number of fused-ring (bicyclic) bond motifs is 1. The molecule has 3 aliphatic rings. The number of likely N-dealkylation sites (tertiary alicyclic amines) is 1.